The standard InChI is InChI=1S/C27H21ClN6O5/c1-37-26(36)22-14-21(10-12-29-22)39-20-8-6-19(7-9-20)31-27-30-15-23(32-24-11-13-38-33-24)25(35)34(27)16-17-2-4-18(28)5-3-17/h2-15H,16H2,1H3,(H,30,31)(H,32,33). The van der Waals surface area contributed by atoms with E-state index in [0.29, 0.717) is 34.0 Å². The number of nitrogens with zero attached hydrogens (tertiary/aromatic N) is 4. The van der Waals surface area contributed by atoms with E-state index in [9.17, 15) is 9.59 Å². The van der Waals surface area contributed by atoms with Gasteiger partial charge in [0.15, 0.2) is 11.5 Å². The van der Waals surface area contributed by atoms with Crippen LogP contribution in [0.4, 0.5) is 23.1 Å². The molecule has 11 nitrogen and oxygen atoms in total. The van der Waals surface area contributed by atoms with Crippen LogP contribution in [0.1, 0.15) is 16.1 Å². The number of aromatic nitrogens is 4. The Morgan fingerprint density at radius 2 is 1.79 bits per heavy atom. The summed E-state index contributed by atoms with van der Waals surface area (Å²) in [6.07, 6.45) is 4.29. The minimum atomic E-state index is -0.556. The molecule has 3 aromatic heterocycles. The van der Waals surface area contributed by atoms with E-state index in [1.807, 2.05) is 12.1 Å². The van der Waals surface area contributed by atoms with Crippen LogP contribution in [0, 0.1) is 0 Å². The van der Waals surface area contributed by atoms with Gasteiger partial charge < -0.3 is 24.6 Å². The number of carbonyl (C=O) groups is 1. The fraction of sp³-hybridized carbons (Fsp3) is 0.0741. The van der Waals surface area contributed by atoms with Gasteiger partial charge in [0.05, 0.1) is 19.9 Å². The highest BCUT2D eigenvalue weighted by molar-refractivity contribution is 6.30. The molecular weight excluding hydrogens is 524 g/mol. The molecule has 12 heteroatoms. The fourth-order valence-corrected chi connectivity index (χ4v) is 3.70. The van der Waals surface area contributed by atoms with Gasteiger partial charge in [0.25, 0.3) is 5.56 Å². The van der Waals surface area contributed by atoms with Gasteiger partial charge >= 0.3 is 5.97 Å². The van der Waals surface area contributed by atoms with Crippen LogP contribution >= 0.6 is 11.6 Å². The van der Waals surface area contributed by atoms with Crippen molar-refractivity contribution >= 4 is 40.7 Å². The van der Waals surface area contributed by atoms with Crippen molar-refractivity contribution in [1.29, 1.82) is 0 Å². The predicted molar refractivity (Wildman–Crippen MR) is 144 cm³/mol. The number of hydrogen-bond donors (Lipinski definition) is 2. The number of rotatable bonds is 9. The first-order valence-electron chi connectivity index (χ1n) is 11.6. The average molecular weight is 545 g/mol. The normalized spacial score (nSPS) is 10.6. The first-order valence-corrected chi connectivity index (χ1v) is 12.0. The lowest BCUT2D eigenvalue weighted by molar-refractivity contribution is 0.0593. The number of halogens is 1. The van der Waals surface area contributed by atoms with Gasteiger partial charge in [0.2, 0.25) is 5.95 Å². The average Bonchev–Trinajstić information content (AvgIpc) is 3.47. The number of carbonyl (C=O) groups excluding carboxylic acids is 1. The lowest BCUT2D eigenvalue weighted by Gasteiger charge is -2.16. The van der Waals surface area contributed by atoms with Gasteiger partial charge in [-0.05, 0) is 48.0 Å². The Bertz CT molecular complexity index is 1640. The maximum atomic E-state index is 13.4. The summed E-state index contributed by atoms with van der Waals surface area (Å²) in [6.45, 7) is 0.242. The summed E-state index contributed by atoms with van der Waals surface area (Å²) in [6, 6.07) is 19.0. The zero-order valence-electron chi connectivity index (χ0n) is 20.5. The zero-order valence-corrected chi connectivity index (χ0v) is 21.3. The summed E-state index contributed by atoms with van der Waals surface area (Å²) in [5.41, 5.74) is 1.58. The molecule has 0 saturated carbocycles. The van der Waals surface area contributed by atoms with E-state index in [1.165, 1.54) is 36.4 Å². The van der Waals surface area contributed by atoms with Gasteiger partial charge in [0, 0.05) is 29.0 Å². The summed E-state index contributed by atoms with van der Waals surface area (Å²) < 4.78 is 16.9. The Kier molecular flexibility index (Phi) is 7.51. The Morgan fingerprint density at radius 3 is 2.51 bits per heavy atom. The summed E-state index contributed by atoms with van der Waals surface area (Å²) in [7, 11) is 1.29. The summed E-state index contributed by atoms with van der Waals surface area (Å²) in [5, 5.41) is 10.5. The first kappa shape index (κ1) is 25.5. The number of anilines is 4. The van der Waals surface area contributed by atoms with Crippen molar-refractivity contribution in [3.05, 3.63) is 112 Å². The van der Waals surface area contributed by atoms with Crippen LogP contribution in [-0.2, 0) is 11.3 Å². The third-order valence-electron chi connectivity index (χ3n) is 5.47. The van der Waals surface area contributed by atoms with E-state index < -0.39 is 5.97 Å². The Balaban J connectivity index is 1.38. The van der Waals surface area contributed by atoms with Crippen molar-refractivity contribution in [1.82, 2.24) is 19.7 Å². The lowest BCUT2D eigenvalue weighted by Crippen LogP contribution is -2.26. The van der Waals surface area contributed by atoms with Gasteiger partial charge in [-0.2, -0.15) is 0 Å². The number of pyridine rings is 1. The molecule has 39 heavy (non-hydrogen) atoms. The third-order valence-corrected chi connectivity index (χ3v) is 5.73. The molecule has 2 aromatic carbocycles. The molecule has 0 amide bonds. The Hall–Kier alpha value is -5.16. The molecule has 0 spiro atoms. The SMILES string of the molecule is COC(=O)c1cc(Oc2ccc(Nc3ncc(Nc4ccon4)c(=O)n3Cc3ccc(Cl)cc3)cc2)ccn1. The smallest absolute Gasteiger partial charge is 0.356 e. The molecule has 2 N–H and O–H groups in total. The van der Waals surface area contributed by atoms with Crippen LogP contribution < -0.4 is 20.9 Å². The van der Waals surface area contributed by atoms with Gasteiger partial charge in [-0.25, -0.2) is 14.8 Å². The number of esters is 1. The van der Waals surface area contributed by atoms with Gasteiger partial charge in [-0.3, -0.25) is 9.36 Å². The third kappa shape index (κ3) is 6.22. The predicted octanol–water partition coefficient (Wildman–Crippen LogP) is 5.39. The van der Waals surface area contributed by atoms with Gasteiger partial charge in [0.1, 0.15) is 23.4 Å². The molecule has 0 fully saturated rings. The second-order valence-electron chi connectivity index (χ2n) is 8.14. The summed E-state index contributed by atoms with van der Waals surface area (Å²) in [4.78, 5) is 33.6. The minimum absolute atomic E-state index is 0.138. The van der Waals surface area contributed by atoms with E-state index in [4.69, 9.17) is 25.6 Å². The molecule has 0 atom stereocenters. The van der Waals surface area contributed by atoms with Crippen molar-refractivity contribution < 1.29 is 18.8 Å². The number of hydrogen-bond acceptors (Lipinski definition) is 10. The molecular formula is C27H21ClN6O5. The molecule has 0 unspecified atom stereocenters. The van der Waals surface area contributed by atoms with E-state index in [1.54, 1.807) is 48.5 Å². The van der Waals surface area contributed by atoms with Crippen LogP contribution in [-0.4, -0.2) is 32.8 Å². The Morgan fingerprint density at radius 1 is 1.00 bits per heavy atom. The second-order valence-corrected chi connectivity index (χ2v) is 8.58. The van der Waals surface area contributed by atoms with Crippen LogP contribution in [0.5, 0.6) is 11.5 Å². The zero-order chi connectivity index (χ0) is 27.2. The van der Waals surface area contributed by atoms with Crippen LogP contribution in [0.15, 0.2) is 94.7 Å². The van der Waals surface area contributed by atoms with E-state index in [2.05, 4.69) is 25.8 Å². The van der Waals surface area contributed by atoms with Crippen molar-refractivity contribution in [3.63, 3.8) is 0 Å². The van der Waals surface area contributed by atoms with Crippen LogP contribution in [0.3, 0.4) is 0 Å². The summed E-state index contributed by atoms with van der Waals surface area (Å²) >= 11 is 6.03. The number of benzene rings is 2. The Labute approximate surface area is 227 Å². The number of ether oxygens (including phenoxy) is 2. The molecule has 0 aliphatic heterocycles. The highest BCUT2D eigenvalue weighted by Gasteiger charge is 2.14. The number of methoxy groups -OCH3 is 1. The van der Waals surface area contributed by atoms with Crippen LogP contribution in [0.2, 0.25) is 5.02 Å². The molecule has 5 rings (SSSR count). The largest absolute Gasteiger partial charge is 0.464 e. The van der Waals surface area contributed by atoms with Crippen molar-refractivity contribution in [3.8, 4) is 11.5 Å². The second kappa shape index (κ2) is 11.5. The maximum Gasteiger partial charge on any atom is 0.356 e. The quantitative estimate of drug-likeness (QED) is 0.232. The fourth-order valence-electron chi connectivity index (χ4n) is 3.57. The lowest BCUT2D eigenvalue weighted by atomic mass is 10.2. The van der Waals surface area contributed by atoms with E-state index in [-0.39, 0.29) is 23.5 Å². The topological polar surface area (TPSA) is 133 Å². The maximum absolute atomic E-state index is 13.4. The van der Waals surface area contributed by atoms with Gasteiger partial charge in [-0.15, -0.1) is 0 Å². The molecule has 0 radical (unpaired) electrons. The van der Waals surface area contributed by atoms with Gasteiger partial charge in [-0.1, -0.05) is 28.9 Å². The molecule has 0 aliphatic carbocycles. The highest BCUT2D eigenvalue weighted by atomic mass is 35.5. The molecule has 3 heterocycles. The molecule has 0 aliphatic rings. The molecule has 0 saturated heterocycles. The van der Waals surface area contributed by atoms with Crippen molar-refractivity contribution in [2.45, 2.75) is 6.54 Å². The first-order chi connectivity index (χ1) is 19.0. The molecule has 5 aromatic rings. The monoisotopic (exact) mass is 544 g/mol. The highest BCUT2D eigenvalue weighted by Crippen LogP contribution is 2.25. The van der Waals surface area contributed by atoms with Crippen molar-refractivity contribution in [2.24, 2.45) is 0 Å². The van der Waals surface area contributed by atoms with Crippen LogP contribution in [0.25, 0.3) is 0 Å². The minimum Gasteiger partial charge on any atom is -0.464 e. The molecule has 196 valence electrons. The van der Waals surface area contributed by atoms with E-state index >= 15 is 0 Å². The number of nitrogens with one attached hydrogen (secondary N) is 2. The van der Waals surface area contributed by atoms with Crippen molar-refractivity contribution in [2.75, 3.05) is 17.7 Å². The van der Waals surface area contributed by atoms with E-state index in [0.717, 1.165) is 5.56 Å². The molecule has 0 bridgehead atoms. The summed E-state index contributed by atoms with van der Waals surface area (Å²) in [5.74, 6) is 1.11.